The van der Waals surface area contributed by atoms with Crippen LogP contribution in [0.5, 0.6) is 0 Å². The summed E-state index contributed by atoms with van der Waals surface area (Å²) < 4.78 is 0. The minimum Gasteiger partial charge on any atom is -0.481 e. The Kier molecular flexibility index (Phi) is 5.12. The summed E-state index contributed by atoms with van der Waals surface area (Å²) in [5.74, 6) is -1.02. The highest BCUT2D eigenvalue weighted by molar-refractivity contribution is 6.35. The lowest BCUT2D eigenvalue weighted by Crippen LogP contribution is -2.54. The number of aliphatic carboxylic acids is 1. The summed E-state index contributed by atoms with van der Waals surface area (Å²) in [6.07, 6.45) is 3.18. The Morgan fingerprint density at radius 2 is 2.00 bits per heavy atom. The Morgan fingerprint density at radius 3 is 2.52 bits per heavy atom. The molecule has 1 aliphatic carbocycles. The van der Waals surface area contributed by atoms with Gasteiger partial charge in [0.15, 0.2) is 0 Å². The summed E-state index contributed by atoms with van der Waals surface area (Å²) in [5, 5.41) is 12.9. The van der Waals surface area contributed by atoms with Crippen LogP contribution in [0.2, 0.25) is 10.0 Å². The second-order valence-corrected chi connectivity index (χ2v) is 6.33. The molecule has 21 heavy (non-hydrogen) atoms. The van der Waals surface area contributed by atoms with E-state index in [9.17, 15) is 9.59 Å². The molecule has 1 fully saturated rings. The number of rotatable bonds is 6. The van der Waals surface area contributed by atoms with Gasteiger partial charge in [0, 0.05) is 16.5 Å². The standard InChI is InChI=1S/C15H17Cl2NO3/c16-11-4-2-10(12(17)8-11)3-5-13(19)18-15(6-1-7-15)9-14(20)21/h2,4,8H,1,3,5-7,9H2,(H,18,19)(H,20,21). The molecule has 4 nitrogen and oxygen atoms in total. The lowest BCUT2D eigenvalue weighted by Gasteiger charge is -2.41. The third-order valence-corrected chi connectivity index (χ3v) is 4.43. The van der Waals surface area contributed by atoms with E-state index in [-0.39, 0.29) is 18.7 Å². The third-order valence-electron chi connectivity index (χ3n) is 3.84. The fourth-order valence-corrected chi connectivity index (χ4v) is 3.07. The van der Waals surface area contributed by atoms with E-state index in [0.717, 1.165) is 24.8 Å². The second-order valence-electron chi connectivity index (χ2n) is 5.49. The molecule has 0 aliphatic heterocycles. The van der Waals surface area contributed by atoms with Gasteiger partial charge in [-0.25, -0.2) is 0 Å². The van der Waals surface area contributed by atoms with Crippen molar-refractivity contribution >= 4 is 35.1 Å². The summed E-state index contributed by atoms with van der Waals surface area (Å²) in [4.78, 5) is 22.9. The fraction of sp³-hybridized carbons (Fsp3) is 0.467. The van der Waals surface area contributed by atoms with Gasteiger partial charge in [0.25, 0.3) is 0 Å². The van der Waals surface area contributed by atoms with Crippen LogP contribution in [0.15, 0.2) is 18.2 Å². The van der Waals surface area contributed by atoms with Crippen LogP contribution in [0.4, 0.5) is 0 Å². The Labute approximate surface area is 133 Å². The smallest absolute Gasteiger partial charge is 0.305 e. The van der Waals surface area contributed by atoms with Crippen LogP contribution in [0.25, 0.3) is 0 Å². The van der Waals surface area contributed by atoms with Crippen molar-refractivity contribution in [3.63, 3.8) is 0 Å². The van der Waals surface area contributed by atoms with Gasteiger partial charge in [-0.3, -0.25) is 9.59 Å². The predicted octanol–water partition coefficient (Wildman–Crippen LogP) is 3.44. The number of hydrogen-bond acceptors (Lipinski definition) is 2. The molecule has 0 saturated heterocycles. The van der Waals surface area contributed by atoms with E-state index in [1.165, 1.54) is 0 Å². The summed E-state index contributed by atoms with van der Waals surface area (Å²) >= 11 is 11.9. The van der Waals surface area contributed by atoms with Gasteiger partial charge in [0.05, 0.1) is 12.0 Å². The highest BCUT2D eigenvalue weighted by Crippen LogP contribution is 2.35. The van der Waals surface area contributed by atoms with Crippen LogP contribution >= 0.6 is 23.2 Å². The molecule has 0 heterocycles. The number of carboxylic acids is 1. The fourth-order valence-electron chi connectivity index (χ4n) is 2.57. The van der Waals surface area contributed by atoms with Crippen molar-refractivity contribution in [1.82, 2.24) is 5.32 Å². The maximum absolute atomic E-state index is 12.0. The second kappa shape index (κ2) is 6.67. The Hall–Kier alpha value is -1.26. The first kappa shape index (κ1) is 16.1. The molecule has 2 N–H and O–H groups in total. The lowest BCUT2D eigenvalue weighted by atomic mass is 9.74. The Balaban J connectivity index is 1.88. The largest absolute Gasteiger partial charge is 0.481 e. The van der Waals surface area contributed by atoms with E-state index in [1.54, 1.807) is 18.2 Å². The molecule has 0 atom stereocenters. The van der Waals surface area contributed by atoms with Gasteiger partial charge in [0.2, 0.25) is 5.91 Å². The molecule has 2 rings (SSSR count). The zero-order valence-electron chi connectivity index (χ0n) is 11.5. The average Bonchev–Trinajstić information content (AvgIpc) is 2.34. The van der Waals surface area contributed by atoms with Crippen molar-refractivity contribution in [2.24, 2.45) is 0 Å². The van der Waals surface area contributed by atoms with Crippen molar-refractivity contribution in [3.8, 4) is 0 Å². The normalized spacial score (nSPS) is 16.1. The summed E-state index contributed by atoms with van der Waals surface area (Å²) in [7, 11) is 0. The molecular formula is C15H17Cl2NO3. The molecule has 6 heteroatoms. The van der Waals surface area contributed by atoms with Gasteiger partial charge in [-0.2, -0.15) is 0 Å². The first-order valence-electron chi connectivity index (χ1n) is 6.87. The van der Waals surface area contributed by atoms with Crippen LogP contribution in [0.1, 0.15) is 37.7 Å². The van der Waals surface area contributed by atoms with Crippen LogP contribution < -0.4 is 5.32 Å². The van der Waals surface area contributed by atoms with Gasteiger partial charge >= 0.3 is 5.97 Å². The summed E-state index contributed by atoms with van der Waals surface area (Å²) in [6.45, 7) is 0. The quantitative estimate of drug-likeness (QED) is 0.840. The molecule has 0 bridgehead atoms. The average molecular weight is 330 g/mol. The molecule has 114 valence electrons. The summed E-state index contributed by atoms with van der Waals surface area (Å²) in [6, 6.07) is 5.18. The zero-order valence-corrected chi connectivity index (χ0v) is 13.0. The number of amides is 1. The van der Waals surface area contributed by atoms with Gasteiger partial charge < -0.3 is 10.4 Å². The number of carboxylic acid groups (broad SMARTS) is 1. The number of carbonyl (C=O) groups is 2. The Morgan fingerprint density at radius 1 is 1.29 bits per heavy atom. The highest BCUT2D eigenvalue weighted by Gasteiger charge is 2.40. The molecular weight excluding hydrogens is 313 g/mol. The first-order chi connectivity index (χ1) is 9.90. The molecule has 0 spiro atoms. The van der Waals surface area contributed by atoms with E-state index in [4.69, 9.17) is 28.3 Å². The monoisotopic (exact) mass is 329 g/mol. The van der Waals surface area contributed by atoms with Crippen molar-refractivity contribution < 1.29 is 14.7 Å². The molecule has 1 aromatic rings. The predicted molar refractivity (Wildman–Crippen MR) is 81.8 cm³/mol. The molecule has 1 aliphatic rings. The SMILES string of the molecule is O=C(O)CC1(NC(=O)CCc2ccc(Cl)cc2Cl)CCC1. The zero-order chi connectivity index (χ0) is 15.5. The van der Waals surface area contributed by atoms with E-state index >= 15 is 0 Å². The number of carbonyl (C=O) groups excluding carboxylic acids is 1. The summed E-state index contributed by atoms with van der Waals surface area (Å²) in [5.41, 5.74) is 0.310. The molecule has 0 unspecified atom stereocenters. The molecule has 0 aromatic heterocycles. The van der Waals surface area contributed by atoms with E-state index in [2.05, 4.69) is 5.32 Å². The van der Waals surface area contributed by atoms with Crippen LogP contribution in [-0.4, -0.2) is 22.5 Å². The third kappa shape index (κ3) is 4.35. The van der Waals surface area contributed by atoms with Gasteiger partial charge in [0.1, 0.15) is 0 Å². The van der Waals surface area contributed by atoms with E-state index < -0.39 is 11.5 Å². The molecule has 1 saturated carbocycles. The Bertz CT molecular complexity index is 556. The number of halogens is 2. The van der Waals surface area contributed by atoms with Crippen LogP contribution in [-0.2, 0) is 16.0 Å². The molecule has 1 aromatic carbocycles. The molecule has 0 radical (unpaired) electrons. The van der Waals surface area contributed by atoms with Crippen molar-refractivity contribution in [3.05, 3.63) is 33.8 Å². The number of hydrogen-bond donors (Lipinski definition) is 2. The van der Waals surface area contributed by atoms with Gasteiger partial charge in [-0.1, -0.05) is 29.3 Å². The topological polar surface area (TPSA) is 66.4 Å². The number of nitrogens with one attached hydrogen (secondary N) is 1. The minimum absolute atomic E-state index is 0.0135. The maximum atomic E-state index is 12.0. The van der Waals surface area contributed by atoms with Gasteiger partial charge in [-0.05, 0) is 43.4 Å². The number of benzene rings is 1. The van der Waals surface area contributed by atoms with E-state index in [0.29, 0.717) is 16.5 Å². The van der Waals surface area contributed by atoms with Crippen molar-refractivity contribution in [1.29, 1.82) is 0 Å². The lowest BCUT2D eigenvalue weighted by molar-refractivity contribution is -0.140. The molecule has 1 amide bonds. The van der Waals surface area contributed by atoms with Gasteiger partial charge in [-0.15, -0.1) is 0 Å². The van der Waals surface area contributed by atoms with E-state index in [1.807, 2.05) is 0 Å². The number of aryl methyl sites for hydroxylation is 1. The minimum atomic E-state index is -0.879. The maximum Gasteiger partial charge on any atom is 0.305 e. The first-order valence-corrected chi connectivity index (χ1v) is 7.63. The van der Waals surface area contributed by atoms with Crippen molar-refractivity contribution in [2.75, 3.05) is 0 Å². The highest BCUT2D eigenvalue weighted by atomic mass is 35.5. The van der Waals surface area contributed by atoms with Crippen molar-refractivity contribution in [2.45, 2.75) is 44.1 Å². The van der Waals surface area contributed by atoms with Crippen LogP contribution in [0, 0.1) is 0 Å². The van der Waals surface area contributed by atoms with Crippen LogP contribution in [0.3, 0.4) is 0 Å².